The highest BCUT2D eigenvalue weighted by molar-refractivity contribution is 9.10. The van der Waals surface area contributed by atoms with Gasteiger partial charge in [0.25, 0.3) is 0 Å². The third-order valence-electron chi connectivity index (χ3n) is 4.13. The topological polar surface area (TPSA) is 30.5 Å². The van der Waals surface area contributed by atoms with Gasteiger partial charge < -0.3 is 14.8 Å². The Morgan fingerprint density at radius 3 is 2.33 bits per heavy atom. The van der Waals surface area contributed by atoms with Crippen molar-refractivity contribution < 1.29 is 13.9 Å². The van der Waals surface area contributed by atoms with Crippen LogP contribution in [0.4, 0.5) is 4.39 Å². The molecule has 0 aliphatic carbocycles. The summed E-state index contributed by atoms with van der Waals surface area (Å²) in [6.07, 6.45) is 0. The summed E-state index contributed by atoms with van der Waals surface area (Å²) in [7, 11) is 1.63. The molecule has 0 amide bonds. The molecule has 5 heteroatoms. The number of nitrogens with one attached hydrogen (secondary N) is 1. The Morgan fingerprint density at radius 1 is 0.889 bits per heavy atom. The molecule has 0 bridgehead atoms. The van der Waals surface area contributed by atoms with E-state index in [-0.39, 0.29) is 5.82 Å². The number of ether oxygens (including phenoxy) is 2. The highest BCUT2D eigenvalue weighted by Crippen LogP contribution is 2.34. The molecule has 0 aromatic heterocycles. The first-order chi connectivity index (χ1) is 13.2. The zero-order valence-electron chi connectivity index (χ0n) is 15.0. The summed E-state index contributed by atoms with van der Waals surface area (Å²) < 4.78 is 25.3. The Balaban J connectivity index is 1.63. The van der Waals surface area contributed by atoms with E-state index in [2.05, 4.69) is 21.2 Å². The average molecular weight is 430 g/mol. The van der Waals surface area contributed by atoms with Crippen LogP contribution in [0.1, 0.15) is 16.7 Å². The Labute approximate surface area is 167 Å². The van der Waals surface area contributed by atoms with Gasteiger partial charge in [-0.3, -0.25) is 0 Å². The van der Waals surface area contributed by atoms with E-state index in [1.165, 1.54) is 12.1 Å². The summed E-state index contributed by atoms with van der Waals surface area (Å²) in [5.74, 6) is 1.15. The van der Waals surface area contributed by atoms with Gasteiger partial charge in [0.15, 0.2) is 11.5 Å². The first kappa shape index (κ1) is 19.4. The molecular formula is C22H21BrFNO2. The van der Waals surface area contributed by atoms with Gasteiger partial charge in [-0.05, 0) is 41.0 Å². The molecular weight excluding hydrogens is 409 g/mol. The lowest BCUT2D eigenvalue weighted by molar-refractivity contribution is 0.284. The fraction of sp³-hybridized carbons (Fsp3) is 0.182. The van der Waals surface area contributed by atoms with E-state index < -0.39 is 0 Å². The smallest absolute Gasteiger partial charge is 0.162 e. The zero-order valence-corrected chi connectivity index (χ0v) is 16.6. The number of halogens is 2. The summed E-state index contributed by atoms with van der Waals surface area (Å²) in [5, 5.41) is 3.36. The third kappa shape index (κ3) is 5.55. The molecule has 0 radical (unpaired) electrons. The van der Waals surface area contributed by atoms with Gasteiger partial charge in [-0.2, -0.15) is 0 Å². The molecule has 3 aromatic rings. The molecule has 0 saturated carbocycles. The van der Waals surface area contributed by atoms with Crippen molar-refractivity contribution in [2.75, 3.05) is 7.11 Å². The fourth-order valence-corrected chi connectivity index (χ4v) is 3.13. The number of hydrogen-bond donors (Lipinski definition) is 1. The second kappa shape index (κ2) is 9.53. The lowest BCUT2D eigenvalue weighted by Crippen LogP contribution is -2.13. The quantitative estimate of drug-likeness (QED) is 0.515. The van der Waals surface area contributed by atoms with E-state index in [1.54, 1.807) is 19.2 Å². The first-order valence-electron chi connectivity index (χ1n) is 8.64. The van der Waals surface area contributed by atoms with Crippen molar-refractivity contribution in [1.29, 1.82) is 0 Å². The maximum atomic E-state index is 13.0. The van der Waals surface area contributed by atoms with Crippen LogP contribution in [-0.2, 0) is 19.7 Å². The molecule has 3 aromatic carbocycles. The largest absolute Gasteiger partial charge is 0.493 e. The Morgan fingerprint density at radius 2 is 1.63 bits per heavy atom. The third-order valence-corrected chi connectivity index (χ3v) is 4.87. The van der Waals surface area contributed by atoms with Crippen molar-refractivity contribution in [3.63, 3.8) is 0 Å². The second-order valence-corrected chi connectivity index (χ2v) is 6.95. The van der Waals surface area contributed by atoms with Gasteiger partial charge in [-0.25, -0.2) is 4.39 Å². The van der Waals surface area contributed by atoms with Gasteiger partial charge in [0.1, 0.15) is 12.4 Å². The van der Waals surface area contributed by atoms with Crippen LogP contribution in [0.3, 0.4) is 0 Å². The Hall–Kier alpha value is -2.37. The van der Waals surface area contributed by atoms with E-state index in [4.69, 9.17) is 9.47 Å². The number of methoxy groups -OCH3 is 1. The van der Waals surface area contributed by atoms with Crippen molar-refractivity contribution in [3.05, 3.63) is 93.7 Å². The molecule has 0 fully saturated rings. The standard InChI is InChI=1S/C22H21BrFNO2/c1-26-21-11-18(14-25-13-16-7-9-19(24)10-8-16)20(23)12-22(21)27-15-17-5-3-2-4-6-17/h2-12,25H,13-15H2,1H3. The van der Waals surface area contributed by atoms with Gasteiger partial charge in [0.05, 0.1) is 7.11 Å². The fourth-order valence-electron chi connectivity index (χ4n) is 2.66. The van der Waals surface area contributed by atoms with Crippen LogP contribution < -0.4 is 14.8 Å². The Bertz CT molecular complexity index is 869. The van der Waals surface area contributed by atoms with Crippen molar-refractivity contribution >= 4 is 15.9 Å². The predicted octanol–water partition coefficient (Wildman–Crippen LogP) is 5.47. The van der Waals surface area contributed by atoms with Crippen LogP contribution >= 0.6 is 15.9 Å². The second-order valence-electron chi connectivity index (χ2n) is 6.10. The summed E-state index contributed by atoms with van der Waals surface area (Å²) in [6, 6.07) is 20.4. The molecule has 0 unspecified atom stereocenters. The highest BCUT2D eigenvalue weighted by Gasteiger charge is 2.11. The normalized spacial score (nSPS) is 10.6. The van der Waals surface area contributed by atoms with Gasteiger partial charge in [0, 0.05) is 17.6 Å². The molecule has 0 aliphatic rings. The van der Waals surface area contributed by atoms with Crippen LogP contribution in [-0.4, -0.2) is 7.11 Å². The van der Waals surface area contributed by atoms with Gasteiger partial charge in [-0.1, -0.05) is 58.4 Å². The minimum Gasteiger partial charge on any atom is -0.493 e. The summed E-state index contributed by atoms with van der Waals surface area (Å²) in [5.41, 5.74) is 3.18. The maximum Gasteiger partial charge on any atom is 0.162 e. The SMILES string of the molecule is COc1cc(CNCc2ccc(F)cc2)c(Br)cc1OCc1ccccc1. The molecule has 1 N–H and O–H groups in total. The van der Waals surface area contributed by atoms with E-state index in [0.29, 0.717) is 31.2 Å². The molecule has 0 atom stereocenters. The lowest BCUT2D eigenvalue weighted by Gasteiger charge is -2.14. The van der Waals surface area contributed by atoms with Crippen LogP contribution in [0.2, 0.25) is 0 Å². The highest BCUT2D eigenvalue weighted by atomic mass is 79.9. The van der Waals surface area contributed by atoms with Crippen molar-refractivity contribution in [2.24, 2.45) is 0 Å². The molecule has 3 rings (SSSR count). The molecule has 0 heterocycles. The van der Waals surface area contributed by atoms with Crippen LogP contribution in [0, 0.1) is 5.82 Å². The summed E-state index contributed by atoms with van der Waals surface area (Å²) >= 11 is 3.61. The maximum absolute atomic E-state index is 13.0. The number of rotatable bonds is 8. The van der Waals surface area contributed by atoms with Crippen molar-refractivity contribution in [2.45, 2.75) is 19.7 Å². The number of hydrogen-bond acceptors (Lipinski definition) is 3. The van der Waals surface area contributed by atoms with Gasteiger partial charge in [-0.15, -0.1) is 0 Å². The van der Waals surface area contributed by atoms with Crippen LogP contribution in [0.15, 0.2) is 71.2 Å². The van der Waals surface area contributed by atoms with E-state index >= 15 is 0 Å². The first-order valence-corrected chi connectivity index (χ1v) is 9.43. The molecule has 3 nitrogen and oxygen atoms in total. The molecule has 27 heavy (non-hydrogen) atoms. The van der Waals surface area contributed by atoms with E-state index in [1.807, 2.05) is 42.5 Å². The van der Waals surface area contributed by atoms with Gasteiger partial charge >= 0.3 is 0 Å². The molecule has 140 valence electrons. The minimum atomic E-state index is -0.225. The zero-order chi connectivity index (χ0) is 19.1. The van der Waals surface area contributed by atoms with Crippen LogP contribution in [0.5, 0.6) is 11.5 Å². The van der Waals surface area contributed by atoms with E-state index in [0.717, 1.165) is 21.2 Å². The molecule has 0 saturated heterocycles. The summed E-state index contributed by atoms with van der Waals surface area (Å²) in [4.78, 5) is 0. The predicted molar refractivity (Wildman–Crippen MR) is 108 cm³/mol. The van der Waals surface area contributed by atoms with Crippen molar-refractivity contribution in [1.82, 2.24) is 5.32 Å². The Kier molecular flexibility index (Phi) is 6.85. The van der Waals surface area contributed by atoms with Crippen molar-refractivity contribution in [3.8, 4) is 11.5 Å². The number of benzene rings is 3. The molecule has 0 aliphatic heterocycles. The molecule has 0 spiro atoms. The minimum absolute atomic E-state index is 0.225. The average Bonchev–Trinajstić information content (AvgIpc) is 2.70. The van der Waals surface area contributed by atoms with Gasteiger partial charge in [0.2, 0.25) is 0 Å². The monoisotopic (exact) mass is 429 g/mol. The van der Waals surface area contributed by atoms with Crippen LogP contribution in [0.25, 0.3) is 0 Å². The van der Waals surface area contributed by atoms with E-state index in [9.17, 15) is 4.39 Å². The lowest BCUT2D eigenvalue weighted by atomic mass is 10.1. The summed E-state index contributed by atoms with van der Waals surface area (Å²) in [6.45, 7) is 1.78.